The summed E-state index contributed by atoms with van der Waals surface area (Å²) in [5.41, 5.74) is 1.87. The smallest absolute Gasteiger partial charge is 0.475 e. The molecule has 1 amide bonds. The number of hydrogen-bond donors (Lipinski definition) is 0. The van der Waals surface area contributed by atoms with Crippen LogP contribution in [0.3, 0.4) is 0 Å². The number of carbonyl (C=O) groups is 1. The summed E-state index contributed by atoms with van der Waals surface area (Å²) in [6, 6.07) is 7.35. The van der Waals surface area contributed by atoms with E-state index in [4.69, 9.17) is 9.15 Å². The number of pyridine rings is 1. The van der Waals surface area contributed by atoms with E-state index in [2.05, 4.69) is 19.9 Å². The van der Waals surface area contributed by atoms with Crippen LogP contribution in [0.25, 0.3) is 11.5 Å². The van der Waals surface area contributed by atoms with Crippen molar-refractivity contribution in [1.29, 1.82) is 0 Å². The molecule has 8 nitrogen and oxygen atoms in total. The van der Waals surface area contributed by atoms with Crippen molar-refractivity contribution in [3.63, 3.8) is 0 Å². The standard InChI is InChI=1S/C22H23F3N4O4/c1-5-29(14(3)12-31-19-9-7-16(11-26-19)33-22(23,24)25)21(30)17-8-6-13(2)10-18(17)20-28-27-15(4)32-20/h6-11,14H,5,12H2,1-4H3/t14-/m0/s1. The lowest BCUT2D eigenvalue weighted by molar-refractivity contribution is -0.274. The van der Waals surface area contributed by atoms with E-state index in [0.29, 0.717) is 23.6 Å². The van der Waals surface area contributed by atoms with Gasteiger partial charge in [-0.25, -0.2) is 4.98 Å². The highest BCUT2D eigenvalue weighted by molar-refractivity contribution is 6.00. The van der Waals surface area contributed by atoms with Gasteiger partial charge in [0.15, 0.2) is 0 Å². The number of benzene rings is 1. The molecule has 3 rings (SSSR count). The maximum absolute atomic E-state index is 13.4. The van der Waals surface area contributed by atoms with Gasteiger partial charge in [0.1, 0.15) is 12.4 Å². The highest BCUT2D eigenvalue weighted by atomic mass is 19.4. The van der Waals surface area contributed by atoms with Gasteiger partial charge in [0.05, 0.1) is 23.4 Å². The van der Waals surface area contributed by atoms with Crippen molar-refractivity contribution < 1.29 is 31.9 Å². The SMILES string of the molecule is CCN(C(=O)c1ccc(C)cc1-c1nnc(C)o1)[C@@H](C)COc1ccc(OC(F)(F)F)cn1. The van der Waals surface area contributed by atoms with E-state index in [1.807, 2.05) is 26.0 Å². The Bertz CT molecular complexity index is 1100. The van der Waals surface area contributed by atoms with Crippen LogP contribution in [0.15, 0.2) is 40.9 Å². The Labute approximate surface area is 188 Å². The zero-order valence-corrected chi connectivity index (χ0v) is 18.5. The van der Waals surface area contributed by atoms with Crippen molar-refractivity contribution in [2.24, 2.45) is 0 Å². The molecule has 33 heavy (non-hydrogen) atoms. The van der Waals surface area contributed by atoms with Crippen LogP contribution in [0.1, 0.15) is 35.7 Å². The molecule has 0 radical (unpaired) electrons. The van der Waals surface area contributed by atoms with Gasteiger partial charge in [0.25, 0.3) is 5.91 Å². The van der Waals surface area contributed by atoms with Crippen LogP contribution in [-0.2, 0) is 0 Å². The third-order valence-electron chi connectivity index (χ3n) is 4.71. The van der Waals surface area contributed by atoms with Gasteiger partial charge in [0.2, 0.25) is 17.7 Å². The average molecular weight is 464 g/mol. The summed E-state index contributed by atoms with van der Waals surface area (Å²) in [7, 11) is 0. The van der Waals surface area contributed by atoms with E-state index in [1.165, 1.54) is 6.07 Å². The molecule has 1 atom stereocenters. The number of aromatic nitrogens is 3. The van der Waals surface area contributed by atoms with Crippen LogP contribution in [0, 0.1) is 13.8 Å². The van der Waals surface area contributed by atoms with Crippen molar-refractivity contribution in [2.45, 2.75) is 40.1 Å². The lowest BCUT2D eigenvalue weighted by Gasteiger charge is -2.28. The minimum Gasteiger partial charge on any atom is -0.475 e. The minimum atomic E-state index is -4.80. The first-order valence-electron chi connectivity index (χ1n) is 10.1. The molecule has 0 aliphatic rings. The summed E-state index contributed by atoms with van der Waals surface area (Å²) >= 11 is 0. The number of halogens is 3. The molecule has 3 aromatic rings. The highest BCUT2D eigenvalue weighted by Gasteiger charge is 2.31. The van der Waals surface area contributed by atoms with E-state index in [1.54, 1.807) is 24.8 Å². The molecule has 0 bridgehead atoms. The monoisotopic (exact) mass is 464 g/mol. The lowest BCUT2D eigenvalue weighted by atomic mass is 10.0. The fourth-order valence-electron chi connectivity index (χ4n) is 3.18. The Morgan fingerprint density at radius 2 is 1.94 bits per heavy atom. The predicted octanol–water partition coefficient (Wildman–Crippen LogP) is 4.58. The summed E-state index contributed by atoms with van der Waals surface area (Å²) in [4.78, 5) is 18.8. The van der Waals surface area contributed by atoms with Gasteiger partial charge in [-0.3, -0.25) is 4.79 Å². The van der Waals surface area contributed by atoms with E-state index < -0.39 is 12.1 Å². The molecule has 2 aromatic heterocycles. The average Bonchev–Trinajstić information content (AvgIpc) is 3.18. The fraction of sp³-hybridized carbons (Fsp3) is 0.364. The minimum absolute atomic E-state index is 0.0763. The number of alkyl halides is 3. The number of hydrogen-bond acceptors (Lipinski definition) is 7. The van der Waals surface area contributed by atoms with Gasteiger partial charge >= 0.3 is 6.36 Å². The number of ether oxygens (including phenoxy) is 2. The molecule has 0 saturated heterocycles. The van der Waals surface area contributed by atoms with Crippen molar-refractivity contribution in [2.75, 3.05) is 13.2 Å². The van der Waals surface area contributed by atoms with Crippen LogP contribution in [-0.4, -0.2) is 51.5 Å². The maximum Gasteiger partial charge on any atom is 0.573 e. The van der Waals surface area contributed by atoms with Crippen LogP contribution in [0.4, 0.5) is 13.2 Å². The molecule has 176 valence electrons. The van der Waals surface area contributed by atoms with Crippen LogP contribution >= 0.6 is 0 Å². The zero-order valence-electron chi connectivity index (χ0n) is 18.5. The number of carbonyl (C=O) groups excluding carboxylic acids is 1. The van der Waals surface area contributed by atoms with Crippen LogP contribution in [0.5, 0.6) is 11.6 Å². The van der Waals surface area contributed by atoms with Crippen LogP contribution in [0.2, 0.25) is 0 Å². The van der Waals surface area contributed by atoms with Crippen LogP contribution < -0.4 is 9.47 Å². The van der Waals surface area contributed by atoms with Gasteiger partial charge in [0, 0.05) is 19.5 Å². The van der Waals surface area contributed by atoms with E-state index >= 15 is 0 Å². The second kappa shape index (κ2) is 9.88. The van der Waals surface area contributed by atoms with Gasteiger partial charge in [-0.1, -0.05) is 11.6 Å². The first-order valence-corrected chi connectivity index (χ1v) is 10.1. The number of rotatable bonds is 8. The first-order chi connectivity index (χ1) is 15.6. The highest BCUT2D eigenvalue weighted by Crippen LogP contribution is 2.26. The lowest BCUT2D eigenvalue weighted by Crippen LogP contribution is -2.42. The second-order valence-electron chi connectivity index (χ2n) is 7.31. The topological polar surface area (TPSA) is 90.6 Å². The van der Waals surface area contributed by atoms with Gasteiger partial charge in [-0.15, -0.1) is 23.4 Å². The molecule has 0 saturated carbocycles. The Kier molecular flexibility index (Phi) is 7.19. The molecule has 11 heteroatoms. The van der Waals surface area contributed by atoms with Crippen molar-refractivity contribution >= 4 is 5.91 Å². The molecule has 2 heterocycles. The Morgan fingerprint density at radius 3 is 2.52 bits per heavy atom. The molecule has 1 aromatic carbocycles. The van der Waals surface area contributed by atoms with Gasteiger partial charge in [-0.2, -0.15) is 0 Å². The molecule has 0 unspecified atom stereocenters. The number of amides is 1. The predicted molar refractivity (Wildman–Crippen MR) is 112 cm³/mol. The number of likely N-dealkylation sites (N-methyl/N-ethyl adjacent to an activating group) is 1. The Balaban J connectivity index is 1.72. The summed E-state index contributed by atoms with van der Waals surface area (Å²) in [5, 5.41) is 7.88. The van der Waals surface area contributed by atoms with Crippen molar-refractivity contribution in [1.82, 2.24) is 20.1 Å². The van der Waals surface area contributed by atoms with E-state index in [-0.39, 0.29) is 30.3 Å². The van der Waals surface area contributed by atoms with E-state index in [9.17, 15) is 18.0 Å². The molecule has 0 aliphatic carbocycles. The van der Waals surface area contributed by atoms with Crippen molar-refractivity contribution in [3.8, 4) is 23.1 Å². The Hall–Kier alpha value is -3.63. The second-order valence-corrected chi connectivity index (χ2v) is 7.31. The van der Waals surface area contributed by atoms with Gasteiger partial charge < -0.3 is 18.8 Å². The normalized spacial score (nSPS) is 12.3. The molecule has 0 spiro atoms. The van der Waals surface area contributed by atoms with E-state index in [0.717, 1.165) is 17.8 Å². The quantitative estimate of drug-likeness (QED) is 0.482. The van der Waals surface area contributed by atoms with Crippen molar-refractivity contribution in [3.05, 3.63) is 53.5 Å². The molecule has 0 N–H and O–H groups in total. The first kappa shape index (κ1) is 24.0. The summed E-state index contributed by atoms with van der Waals surface area (Å²) in [5.74, 6) is 0.0537. The number of nitrogens with zero attached hydrogens (tertiary/aromatic N) is 4. The largest absolute Gasteiger partial charge is 0.573 e. The maximum atomic E-state index is 13.4. The van der Waals surface area contributed by atoms with Gasteiger partial charge in [-0.05, 0) is 39.0 Å². The molecule has 0 aliphatic heterocycles. The third-order valence-corrected chi connectivity index (χ3v) is 4.71. The fourth-order valence-corrected chi connectivity index (χ4v) is 3.18. The summed E-state index contributed by atoms with van der Waals surface area (Å²) in [6.45, 7) is 7.67. The molecular formula is C22H23F3N4O4. The zero-order chi connectivity index (χ0) is 24.2. The molecule has 0 fully saturated rings. The Morgan fingerprint density at radius 1 is 1.18 bits per heavy atom. The third kappa shape index (κ3) is 6.21. The summed E-state index contributed by atoms with van der Waals surface area (Å²) in [6.07, 6.45) is -3.88. The summed E-state index contributed by atoms with van der Waals surface area (Å²) < 4.78 is 51.7. The number of aryl methyl sites for hydroxylation is 2. The molecular weight excluding hydrogens is 441 g/mol.